The Kier molecular flexibility index (Phi) is 2.91. The summed E-state index contributed by atoms with van der Waals surface area (Å²) in [6.45, 7) is 0. The molecule has 0 heterocycles. The summed E-state index contributed by atoms with van der Waals surface area (Å²) in [7, 11) is -0.833. The lowest BCUT2D eigenvalue weighted by Crippen LogP contribution is -1.88. The van der Waals surface area contributed by atoms with E-state index in [0.717, 1.165) is 0 Å². The first-order valence-electron chi connectivity index (χ1n) is 4.54. The van der Waals surface area contributed by atoms with Crippen LogP contribution < -0.4 is 0 Å². The number of benzene rings is 2. The Morgan fingerprint density at radius 2 is 0.933 bits per heavy atom. The van der Waals surface area contributed by atoms with E-state index in [2.05, 4.69) is 48.5 Å². The third-order valence-corrected chi connectivity index (χ3v) is 2.43. The summed E-state index contributed by atoms with van der Waals surface area (Å²) < 4.78 is 8.46. The smallest absolute Gasteiger partial charge is 0.310 e. The van der Waals surface area contributed by atoms with Crippen LogP contribution in [0.25, 0.3) is 0 Å². The number of hydrogen-bond donors (Lipinski definition) is 1. The molecule has 2 aromatic rings. The standard InChI is InChI=1S/C12H8.HO2P/c1-2-6-10-9(5-1)11-7-3-4-8-12(10)11;1-3-2/h1-8H;(H,1,2). The van der Waals surface area contributed by atoms with Crippen LogP contribution in [0, 0.1) is 20.9 Å². The maximum absolute atomic E-state index is 8.46. The SMILES string of the molecule is O=PO.c1ccc2c(c1)=c1ccccc1=2. The zero-order valence-electron chi connectivity index (χ0n) is 7.92. The Hall–Kier alpha value is -1.50. The highest BCUT2D eigenvalue weighted by Gasteiger charge is 1.97. The molecule has 1 aliphatic rings. The van der Waals surface area contributed by atoms with Gasteiger partial charge < -0.3 is 4.89 Å². The first kappa shape index (κ1) is 10.0. The molecule has 0 aromatic heterocycles. The molecule has 0 amide bonds. The normalized spacial score (nSPS) is 10.5. The van der Waals surface area contributed by atoms with Crippen LogP contribution in [0.4, 0.5) is 0 Å². The van der Waals surface area contributed by atoms with Crippen molar-refractivity contribution in [1.29, 1.82) is 0 Å². The summed E-state index contributed by atoms with van der Waals surface area (Å²) in [6, 6.07) is 17.1. The van der Waals surface area contributed by atoms with Gasteiger partial charge in [-0.1, -0.05) is 48.5 Å². The first-order valence-corrected chi connectivity index (χ1v) is 5.30. The van der Waals surface area contributed by atoms with E-state index >= 15 is 0 Å². The third-order valence-electron chi connectivity index (χ3n) is 2.43. The molecule has 1 aliphatic carbocycles. The molecule has 2 nitrogen and oxygen atoms in total. The minimum Gasteiger partial charge on any atom is -0.310 e. The van der Waals surface area contributed by atoms with Crippen LogP contribution in [0.15, 0.2) is 48.5 Å². The van der Waals surface area contributed by atoms with E-state index in [9.17, 15) is 0 Å². The molecule has 0 saturated carbocycles. The van der Waals surface area contributed by atoms with Crippen LogP contribution in [0.1, 0.15) is 0 Å². The molecule has 3 heteroatoms. The summed E-state index contributed by atoms with van der Waals surface area (Å²) in [5.41, 5.74) is 0. The van der Waals surface area contributed by atoms with Gasteiger partial charge in [0, 0.05) is 0 Å². The highest BCUT2D eigenvalue weighted by Crippen LogP contribution is 2.11. The van der Waals surface area contributed by atoms with Gasteiger partial charge in [-0.25, -0.2) is 4.57 Å². The number of fused-ring (bicyclic) bond motifs is 2. The molecule has 1 N–H and O–H groups in total. The average molecular weight is 216 g/mol. The molecular formula is C12H9O2P. The molecular weight excluding hydrogens is 207 g/mol. The lowest BCUT2D eigenvalue weighted by molar-refractivity contribution is 0.524. The highest BCUT2D eigenvalue weighted by molar-refractivity contribution is 7.16. The molecule has 0 fully saturated rings. The molecule has 3 rings (SSSR count). The molecule has 0 bridgehead atoms. The van der Waals surface area contributed by atoms with Gasteiger partial charge >= 0.3 is 8.69 Å². The lowest BCUT2D eigenvalue weighted by Gasteiger charge is -2.02. The zero-order valence-corrected chi connectivity index (χ0v) is 8.82. The van der Waals surface area contributed by atoms with Gasteiger partial charge in [0.15, 0.2) is 0 Å². The van der Waals surface area contributed by atoms with Gasteiger partial charge in [0.25, 0.3) is 0 Å². The Morgan fingerprint density at radius 1 is 0.733 bits per heavy atom. The van der Waals surface area contributed by atoms with Crippen molar-refractivity contribution in [3.05, 3.63) is 69.4 Å². The summed E-state index contributed by atoms with van der Waals surface area (Å²) in [5, 5.41) is 5.59. The van der Waals surface area contributed by atoms with Crippen molar-refractivity contribution in [1.82, 2.24) is 0 Å². The highest BCUT2D eigenvalue weighted by atomic mass is 31.1. The van der Waals surface area contributed by atoms with Crippen LogP contribution in [0.3, 0.4) is 0 Å². The van der Waals surface area contributed by atoms with Crippen LogP contribution in [-0.4, -0.2) is 4.89 Å². The summed E-state index contributed by atoms with van der Waals surface area (Å²) in [4.78, 5) is 6.99. The van der Waals surface area contributed by atoms with Crippen LogP contribution >= 0.6 is 8.69 Å². The second-order valence-corrected chi connectivity index (χ2v) is 3.34. The molecule has 0 spiro atoms. The summed E-state index contributed by atoms with van der Waals surface area (Å²) in [5.74, 6) is 0. The number of hydrogen-bond acceptors (Lipinski definition) is 1. The Labute approximate surface area is 88.1 Å². The second kappa shape index (κ2) is 4.35. The minimum atomic E-state index is -0.833. The zero-order chi connectivity index (χ0) is 10.7. The van der Waals surface area contributed by atoms with E-state index in [-0.39, 0.29) is 0 Å². The van der Waals surface area contributed by atoms with Crippen molar-refractivity contribution in [2.75, 3.05) is 0 Å². The van der Waals surface area contributed by atoms with Crippen molar-refractivity contribution in [2.24, 2.45) is 0 Å². The van der Waals surface area contributed by atoms with Gasteiger partial charge in [-0.15, -0.1) is 0 Å². The molecule has 74 valence electrons. The van der Waals surface area contributed by atoms with Crippen molar-refractivity contribution in [3.63, 3.8) is 0 Å². The van der Waals surface area contributed by atoms with Gasteiger partial charge in [-0.2, -0.15) is 0 Å². The van der Waals surface area contributed by atoms with Gasteiger partial charge in [-0.05, 0) is 20.9 Å². The molecule has 15 heavy (non-hydrogen) atoms. The summed E-state index contributed by atoms with van der Waals surface area (Å²) in [6.07, 6.45) is 0. The van der Waals surface area contributed by atoms with Crippen molar-refractivity contribution >= 4 is 8.69 Å². The van der Waals surface area contributed by atoms with Crippen LogP contribution in [0.2, 0.25) is 0 Å². The predicted molar refractivity (Wildman–Crippen MR) is 58.1 cm³/mol. The van der Waals surface area contributed by atoms with Crippen molar-refractivity contribution < 1.29 is 9.46 Å². The molecule has 2 aromatic carbocycles. The maximum Gasteiger partial charge on any atom is 0.324 e. The van der Waals surface area contributed by atoms with E-state index < -0.39 is 8.69 Å². The van der Waals surface area contributed by atoms with Gasteiger partial charge in [0.1, 0.15) is 0 Å². The largest absolute Gasteiger partial charge is 0.324 e. The molecule has 0 unspecified atom stereocenters. The first-order chi connectivity index (χ1) is 7.38. The topological polar surface area (TPSA) is 37.3 Å². The maximum atomic E-state index is 8.46. The monoisotopic (exact) mass is 216 g/mol. The van der Waals surface area contributed by atoms with Crippen molar-refractivity contribution in [2.45, 2.75) is 0 Å². The predicted octanol–water partition coefficient (Wildman–Crippen LogP) is 2.76. The average Bonchev–Trinajstić information content (AvgIpc) is 2.27. The fourth-order valence-electron chi connectivity index (χ4n) is 1.84. The Balaban J connectivity index is 0.000000258. The fraction of sp³-hybridized carbons (Fsp3) is 0. The van der Waals surface area contributed by atoms with E-state index in [4.69, 9.17) is 9.46 Å². The Bertz CT molecular complexity index is 530. The molecule has 0 atom stereocenters. The second-order valence-electron chi connectivity index (χ2n) is 3.17. The molecule has 0 saturated heterocycles. The summed E-state index contributed by atoms with van der Waals surface area (Å²) >= 11 is 0. The van der Waals surface area contributed by atoms with Gasteiger partial charge in [-0.3, -0.25) is 0 Å². The fourth-order valence-corrected chi connectivity index (χ4v) is 1.84. The van der Waals surface area contributed by atoms with E-state index in [1.807, 2.05) is 0 Å². The van der Waals surface area contributed by atoms with Crippen molar-refractivity contribution in [3.8, 4) is 0 Å². The van der Waals surface area contributed by atoms with Crippen LogP contribution in [-0.2, 0) is 4.57 Å². The van der Waals surface area contributed by atoms with E-state index in [1.165, 1.54) is 20.9 Å². The van der Waals surface area contributed by atoms with E-state index in [0.29, 0.717) is 0 Å². The Morgan fingerprint density at radius 3 is 1.13 bits per heavy atom. The third kappa shape index (κ3) is 1.70. The minimum absolute atomic E-state index is 0.833. The lowest BCUT2D eigenvalue weighted by atomic mass is 10.0. The quantitative estimate of drug-likeness (QED) is 0.586. The van der Waals surface area contributed by atoms with Crippen LogP contribution in [0.5, 0.6) is 0 Å². The number of rotatable bonds is 0. The van der Waals surface area contributed by atoms with E-state index in [1.54, 1.807) is 0 Å². The molecule has 0 radical (unpaired) electrons. The van der Waals surface area contributed by atoms with Gasteiger partial charge in [0.05, 0.1) is 0 Å². The molecule has 0 aliphatic heterocycles. The van der Waals surface area contributed by atoms with Gasteiger partial charge in [0.2, 0.25) is 0 Å².